The highest BCUT2D eigenvalue weighted by atomic mass is 32.1. The molecule has 0 saturated heterocycles. The quantitative estimate of drug-likeness (QED) is 0.692. The molecule has 1 aromatic rings. The Morgan fingerprint density at radius 2 is 2.20 bits per heavy atom. The van der Waals surface area contributed by atoms with Crippen molar-refractivity contribution < 1.29 is 0 Å². The third-order valence-electron chi connectivity index (χ3n) is 1.77. The Kier molecular flexibility index (Phi) is 4.38. The lowest BCUT2D eigenvalue weighted by Crippen LogP contribution is -2.21. The molecule has 0 unspecified atom stereocenters. The van der Waals surface area contributed by atoms with Crippen molar-refractivity contribution in [3.8, 4) is 0 Å². The Hall–Kier alpha value is -1.27. The fourth-order valence-electron chi connectivity index (χ4n) is 0.954. The van der Waals surface area contributed by atoms with Crippen molar-refractivity contribution in [1.29, 1.82) is 0 Å². The van der Waals surface area contributed by atoms with E-state index in [0.29, 0.717) is 5.69 Å². The summed E-state index contributed by atoms with van der Waals surface area (Å²) in [5, 5.41) is 3.14. The van der Waals surface area contributed by atoms with Gasteiger partial charge in [0.2, 0.25) is 0 Å². The van der Waals surface area contributed by atoms with Gasteiger partial charge in [0.05, 0.1) is 12.4 Å². The maximum absolute atomic E-state index is 5.41. The molecule has 0 amide bonds. The molecule has 5 nitrogen and oxygen atoms in total. The standard InChI is InChI=1S/C9H15N5S/c1-14(2)4-3-11-8-6-12-7(5-13-8)9(10)15/h5-6H,3-4H2,1-2H3,(H2,10,15)(H,11,13). The summed E-state index contributed by atoms with van der Waals surface area (Å²) in [5.74, 6) is 0.733. The van der Waals surface area contributed by atoms with E-state index in [0.717, 1.165) is 18.9 Å². The molecule has 0 saturated carbocycles. The average Bonchev–Trinajstić information content (AvgIpc) is 2.18. The Morgan fingerprint density at radius 3 is 2.67 bits per heavy atom. The van der Waals surface area contributed by atoms with E-state index in [1.54, 1.807) is 12.4 Å². The minimum absolute atomic E-state index is 0.266. The SMILES string of the molecule is CN(C)CCNc1cnc(C(N)=S)cn1. The maximum Gasteiger partial charge on any atom is 0.144 e. The number of rotatable bonds is 5. The van der Waals surface area contributed by atoms with Gasteiger partial charge in [-0.25, -0.2) is 9.97 Å². The van der Waals surface area contributed by atoms with E-state index in [4.69, 9.17) is 18.0 Å². The summed E-state index contributed by atoms with van der Waals surface area (Å²) in [6, 6.07) is 0. The van der Waals surface area contributed by atoms with E-state index in [1.165, 1.54) is 0 Å². The van der Waals surface area contributed by atoms with Crippen LogP contribution in [0.4, 0.5) is 5.82 Å². The molecule has 0 bridgehead atoms. The molecule has 6 heteroatoms. The van der Waals surface area contributed by atoms with Gasteiger partial charge in [-0.2, -0.15) is 0 Å². The van der Waals surface area contributed by atoms with Gasteiger partial charge in [0.1, 0.15) is 16.5 Å². The highest BCUT2D eigenvalue weighted by molar-refractivity contribution is 7.80. The molecule has 1 aromatic heterocycles. The number of hydrogen-bond acceptors (Lipinski definition) is 5. The number of nitrogens with one attached hydrogen (secondary N) is 1. The lowest BCUT2D eigenvalue weighted by molar-refractivity contribution is 0.425. The third-order valence-corrected chi connectivity index (χ3v) is 1.98. The summed E-state index contributed by atoms with van der Waals surface area (Å²) < 4.78 is 0. The van der Waals surface area contributed by atoms with Gasteiger partial charge in [-0.3, -0.25) is 0 Å². The largest absolute Gasteiger partial charge is 0.388 e. The van der Waals surface area contributed by atoms with E-state index < -0.39 is 0 Å². The van der Waals surface area contributed by atoms with E-state index in [-0.39, 0.29) is 4.99 Å². The van der Waals surface area contributed by atoms with Crippen molar-refractivity contribution in [2.24, 2.45) is 5.73 Å². The van der Waals surface area contributed by atoms with Crippen LogP contribution in [0.5, 0.6) is 0 Å². The summed E-state index contributed by atoms with van der Waals surface area (Å²) in [6.45, 7) is 1.77. The second kappa shape index (κ2) is 5.57. The van der Waals surface area contributed by atoms with Crippen molar-refractivity contribution in [3.63, 3.8) is 0 Å². The fourth-order valence-corrected chi connectivity index (χ4v) is 1.06. The predicted octanol–water partition coefficient (Wildman–Crippen LogP) is 0.0843. The van der Waals surface area contributed by atoms with Gasteiger partial charge in [-0.1, -0.05) is 12.2 Å². The molecule has 0 radical (unpaired) electrons. The minimum Gasteiger partial charge on any atom is -0.388 e. The lowest BCUT2D eigenvalue weighted by Gasteiger charge is -2.10. The first kappa shape index (κ1) is 11.8. The van der Waals surface area contributed by atoms with Crippen LogP contribution < -0.4 is 11.1 Å². The number of nitrogens with two attached hydrogens (primary N) is 1. The zero-order chi connectivity index (χ0) is 11.3. The Balaban J connectivity index is 2.46. The summed E-state index contributed by atoms with van der Waals surface area (Å²) in [4.78, 5) is 10.6. The summed E-state index contributed by atoms with van der Waals surface area (Å²) in [6.07, 6.45) is 3.20. The van der Waals surface area contributed by atoms with Crippen molar-refractivity contribution in [3.05, 3.63) is 18.1 Å². The molecule has 3 N–H and O–H groups in total. The number of aromatic nitrogens is 2. The van der Waals surface area contributed by atoms with E-state index in [9.17, 15) is 0 Å². The third kappa shape index (κ3) is 4.18. The molecule has 0 spiro atoms. The highest BCUT2D eigenvalue weighted by Gasteiger charge is 1.99. The molecule has 82 valence electrons. The molecule has 0 aromatic carbocycles. The van der Waals surface area contributed by atoms with Crippen LogP contribution in [0, 0.1) is 0 Å². The number of thiocarbonyl (C=S) groups is 1. The van der Waals surface area contributed by atoms with Gasteiger partial charge >= 0.3 is 0 Å². The van der Waals surface area contributed by atoms with Crippen molar-refractivity contribution in [2.45, 2.75) is 0 Å². The molecular formula is C9H15N5S. The topological polar surface area (TPSA) is 67.1 Å². The normalized spacial score (nSPS) is 10.3. The number of nitrogens with zero attached hydrogens (tertiary/aromatic N) is 3. The second-order valence-electron chi connectivity index (χ2n) is 3.38. The number of anilines is 1. The molecule has 0 atom stereocenters. The summed E-state index contributed by atoms with van der Waals surface area (Å²) in [7, 11) is 4.03. The minimum atomic E-state index is 0.266. The molecular weight excluding hydrogens is 210 g/mol. The summed E-state index contributed by atoms with van der Waals surface area (Å²) in [5.41, 5.74) is 5.95. The van der Waals surface area contributed by atoms with Crippen LogP contribution in [0.15, 0.2) is 12.4 Å². The van der Waals surface area contributed by atoms with Crippen LogP contribution in [0.3, 0.4) is 0 Å². The molecule has 1 rings (SSSR count). The van der Waals surface area contributed by atoms with E-state index >= 15 is 0 Å². The lowest BCUT2D eigenvalue weighted by atomic mass is 10.4. The first-order chi connectivity index (χ1) is 7.09. The second-order valence-corrected chi connectivity index (χ2v) is 3.82. The number of hydrogen-bond donors (Lipinski definition) is 2. The zero-order valence-electron chi connectivity index (χ0n) is 8.90. The van der Waals surface area contributed by atoms with E-state index in [2.05, 4.69) is 20.2 Å². The Bertz CT molecular complexity index is 322. The van der Waals surface area contributed by atoms with Crippen molar-refractivity contribution in [1.82, 2.24) is 14.9 Å². The highest BCUT2D eigenvalue weighted by Crippen LogP contribution is 2.00. The van der Waals surface area contributed by atoms with Gasteiger partial charge in [-0.05, 0) is 14.1 Å². The first-order valence-electron chi connectivity index (χ1n) is 4.60. The Morgan fingerprint density at radius 1 is 1.47 bits per heavy atom. The maximum atomic E-state index is 5.41. The zero-order valence-corrected chi connectivity index (χ0v) is 9.71. The molecule has 1 heterocycles. The molecule has 0 fully saturated rings. The Labute approximate surface area is 94.7 Å². The van der Waals surface area contributed by atoms with Crippen LogP contribution in [0.2, 0.25) is 0 Å². The first-order valence-corrected chi connectivity index (χ1v) is 5.01. The van der Waals surface area contributed by atoms with Gasteiger partial charge in [0, 0.05) is 13.1 Å². The molecule has 15 heavy (non-hydrogen) atoms. The van der Waals surface area contributed by atoms with Gasteiger partial charge in [-0.15, -0.1) is 0 Å². The van der Waals surface area contributed by atoms with Crippen molar-refractivity contribution in [2.75, 3.05) is 32.5 Å². The van der Waals surface area contributed by atoms with Crippen LogP contribution in [-0.2, 0) is 0 Å². The predicted molar refractivity (Wildman–Crippen MR) is 65.0 cm³/mol. The van der Waals surface area contributed by atoms with Crippen LogP contribution in [0.25, 0.3) is 0 Å². The number of likely N-dealkylation sites (N-methyl/N-ethyl adjacent to an activating group) is 1. The van der Waals surface area contributed by atoms with Crippen LogP contribution in [0.1, 0.15) is 5.69 Å². The molecule has 0 aliphatic heterocycles. The van der Waals surface area contributed by atoms with Crippen molar-refractivity contribution >= 4 is 23.0 Å². The van der Waals surface area contributed by atoms with Crippen LogP contribution >= 0.6 is 12.2 Å². The fraction of sp³-hybridized carbons (Fsp3) is 0.444. The van der Waals surface area contributed by atoms with Gasteiger partial charge < -0.3 is 16.0 Å². The smallest absolute Gasteiger partial charge is 0.144 e. The molecule has 0 aliphatic carbocycles. The van der Waals surface area contributed by atoms with Gasteiger partial charge in [0.15, 0.2) is 0 Å². The van der Waals surface area contributed by atoms with E-state index in [1.807, 2.05) is 14.1 Å². The summed E-state index contributed by atoms with van der Waals surface area (Å²) >= 11 is 4.78. The van der Waals surface area contributed by atoms with Gasteiger partial charge in [0.25, 0.3) is 0 Å². The molecule has 0 aliphatic rings. The monoisotopic (exact) mass is 225 g/mol. The average molecular weight is 225 g/mol. The van der Waals surface area contributed by atoms with Crippen LogP contribution in [-0.4, -0.2) is 47.0 Å².